The molecule has 4 nitrogen and oxygen atoms in total. The van der Waals surface area contributed by atoms with Crippen molar-refractivity contribution in [3.8, 4) is 11.5 Å². The van der Waals surface area contributed by atoms with E-state index in [1.807, 2.05) is 6.07 Å². The Bertz CT molecular complexity index is 395. The first kappa shape index (κ1) is 13.2. The Hall–Kier alpha value is -1.26. The minimum atomic E-state index is -0.0480. The van der Waals surface area contributed by atoms with E-state index in [0.29, 0.717) is 12.6 Å². The molecule has 1 aromatic rings. The first-order valence-electron chi connectivity index (χ1n) is 6.66. The number of nitrogens with zero attached hydrogens (tertiary/aromatic N) is 1. The molecule has 1 atom stereocenters. The van der Waals surface area contributed by atoms with Crippen molar-refractivity contribution in [3.63, 3.8) is 0 Å². The SMILES string of the molecule is CCN1CCCC(NCc2cccc(O)c2O)C1. The molecule has 1 saturated heterocycles. The zero-order valence-electron chi connectivity index (χ0n) is 10.9. The van der Waals surface area contributed by atoms with Crippen LogP contribution in [0.3, 0.4) is 0 Å². The third kappa shape index (κ3) is 3.15. The molecule has 0 spiro atoms. The molecular formula is C14H22N2O2. The smallest absolute Gasteiger partial charge is 0.161 e. The molecule has 1 heterocycles. The van der Waals surface area contributed by atoms with Gasteiger partial charge in [0.25, 0.3) is 0 Å². The minimum absolute atomic E-state index is 0.00634. The molecule has 0 bridgehead atoms. The van der Waals surface area contributed by atoms with E-state index in [2.05, 4.69) is 17.1 Å². The van der Waals surface area contributed by atoms with Gasteiger partial charge in [-0.1, -0.05) is 19.1 Å². The van der Waals surface area contributed by atoms with Gasteiger partial charge in [-0.05, 0) is 32.0 Å². The van der Waals surface area contributed by atoms with Gasteiger partial charge in [0.15, 0.2) is 11.5 Å². The monoisotopic (exact) mass is 250 g/mol. The predicted octanol–water partition coefficient (Wildman–Crippen LogP) is 1.67. The molecular weight excluding hydrogens is 228 g/mol. The molecule has 1 unspecified atom stereocenters. The van der Waals surface area contributed by atoms with Crippen molar-refractivity contribution in [2.75, 3.05) is 19.6 Å². The molecule has 0 amide bonds. The summed E-state index contributed by atoms with van der Waals surface area (Å²) in [5.74, 6) is -0.0544. The van der Waals surface area contributed by atoms with E-state index >= 15 is 0 Å². The highest BCUT2D eigenvalue weighted by Crippen LogP contribution is 2.28. The third-order valence-corrected chi connectivity index (χ3v) is 3.63. The topological polar surface area (TPSA) is 55.7 Å². The number of rotatable bonds is 4. The first-order valence-corrected chi connectivity index (χ1v) is 6.66. The quantitative estimate of drug-likeness (QED) is 0.712. The summed E-state index contributed by atoms with van der Waals surface area (Å²) in [6.45, 7) is 6.13. The lowest BCUT2D eigenvalue weighted by molar-refractivity contribution is 0.198. The van der Waals surface area contributed by atoms with Crippen molar-refractivity contribution in [3.05, 3.63) is 23.8 Å². The van der Waals surface area contributed by atoms with Crippen LogP contribution in [-0.2, 0) is 6.54 Å². The average molecular weight is 250 g/mol. The van der Waals surface area contributed by atoms with Crippen LogP contribution >= 0.6 is 0 Å². The van der Waals surface area contributed by atoms with E-state index in [4.69, 9.17) is 0 Å². The maximum absolute atomic E-state index is 9.72. The highest BCUT2D eigenvalue weighted by molar-refractivity contribution is 5.44. The lowest BCUT2D eigenvalue weighted by Gasteiger charge is -2.32. The van der Waals surface area contributed by atoms with E-state index < -0.39 is 0 Å². The third-order valence-electron chi connectivity index (χ3n) is 3.63. The minimum Gasteiger partial charge on any atom is -0.504 e. The molecule has 1 aliphatic heterocycles. The van der Waals surface area contributed by atoms with Gasteiger partial charge in [0.05, 0.1) is 0 Å². The number of phenols is 2. The fourth-order valence-electron chi connectivity index (χ4n) is 2.48. The molecule has 3 N–H and O–H groups in total. The molecule has 2 rings (SSSR count). The van der Waals surface area contributed by atoms with Crippen LogP contribution in [0.25, 0.3) is 0 Å². The van der Waals surface area contributed by atoms with Crippen LogP contribution < -0.4 is 5.32 Å². The van der Waals surface area contributed by atoms with E-state index in [-0.39, 0.29) is 11.5 Å². The van der Waals surface area contributed by atoms with Gasteiger partial charge in [-0.2, -0.15) is 0 Å². The Morgan fingerprint density at radius 1 is 1.39 bits per heavy atom. The Balaban J connectivity index is 1.89. The van der Waals surface area contributed by atoms with Crippen LogP contribution in [0.15, 0.2) is 18.2 Å². The van der Waals surface area contributed by atoms with Crippen molar-refractivity contribution in [2.24, 2.45) is 0 Å². The molecule has 1 aromatic carbocycles. The van der Waals surface area contributed by atoms with Crippen LogP contribution in [0.2, 0.25) is 0 Å². The zero-order chi connectivity index (χ0) is 13.0. The maximum atomic E-state index is 9.72. The van der Waals surface area contributed by atoms with Gasteiger partial charge in [0, 0.05) is 24.7 Å². The Morgan fingerprint density at radius 2 is 2.22 bits per heavy atom. The largest absolute Gasteiger partial charge is 0.504 e. The van der Waals surface area contributed by atoms with Gasteiger partial charge < -0.3 is 20.4 Å². The number of piperidine rings is 1. The number of hydrogen-bond donors (Lipinski definition) is 3. The maximum Gasteiger partial charge on any atom is 0.161 e. The lowest BCUT2D eigenvalue weighted by atomic mass is 10.1. The number of benzene rings is 1. The fourth-order valence-corrected chi connectivity index (χ4v) is 2.48. The molecule has 4 heteroatoms. The van der Waals surface area contributed by atoms with Gasteiger partial charge in [-0.3, -0.25) is 0 Å². The normalized spacial score (nSPS) is 21.1. The molecule has 18 heavy (non-hydrogen) atoms. The van der Waals surface area contributed by atoms with Crippen LogP contribution in [0.1, 0.15) is 25.3 Å². The standard InChI is InChI=1S/C14H22N2O2/c1-2-16-8-4-6-12(10-16)15-9-11-5-3-7-13(17)14(11)18/h3,5,7,12,15,17-18H,2,4,6,8-10H2,1H3. The zero-order valence-corrected chi connectivity index (χ0v) is 10.9. The second kappa shape index (κ2) is 6.07. The summed E-state index contributed by atoms with van der Waals surface area (Å²) in [7, 11) is 0. The Morgan fingerprint density at radius 3 is 3.00 bits per heavy atom. The second-order valence-corrected chi connectivity index (χ2v) is 4.90. The highest BCUT2D eigenvalue weighted by Gasteiger charge is 2.18. The molecule has 1 aliphatic rings. The number of nitrogens with one attached hydrogen (secondary N) is 1. The summed E-state index contributed by atoms with van der Waals surface area (Å²) < 4.78 is 0. The van der Waals surface area contributed by atoms with Crippen LogP contribution in [0.5, 0.6) is 11.5 Å². The number of para-hydroxylation sites is 1. The van der Waals surface area contributed by atoms with Gasteiger partial charge in [-0.25, -0.2) is 0 Å². The van der Waals surface area contributed by atoms with E-state index in [1.54, 1.807) is 6.07 Å². The number of likely N-dealkylation sites (tertiary alicyclic amines) is 1. The second-order valence-electron chi connectivity index (χ2n) is 4.90. The summed E-state index contributed by atoms with van der Waals surface area (Å²) in [5, 5.41) is 22.6. The molecule has 1 fully saturated rings. The van der Waals surface area contributed by atoms with Crippen molar-refractivity contribution < 1.29 is 10.2 Å². The lowest BCUT2D eigenvalue weighted by Crippen LogP contribution is -2.45. The number of phenolic OH excluding ortho intramolecular Hbond substituents is 2. The van der Waals surface area contributed by atoms with Crippen molar-refractivity contribution in [1.29, 1.82) is 0 Å². The summed E-state index contributed by atoms with van der Waals surface area (Å²) in [5.41, 5.74) is 0.753. The Kier molecular flexibility index (Phi) is 4.44. The van der Waals surface area contributed by atoms with Gasteiger partial charge in [-0.15, -0.1) is 0 Å². The summed E-state index contributed by atoms with van der Waals surface area (Å²) in [6, 6.07) is 5.56. The van der Waals surface area contributed by atoms with E-state index in [1.165, 1.54) is 25.5 Å². The van der Waals surface area contributed by atoms with Crippen LogP contribution in [0, 0.1) is 0 Å². The molecule has 0 saturated carbocycles. The van der Waals surface area contributed by atoms with E-state index in [9.17, 15) is 10.2 Å². The highest BCUT2D eigenvalue weighted by atomic mass is 16.3. The van der Waals surface area contributed by atoms with Gasteiger partial charge in [0.1, 0.15) is 0 Å². The molecule has 100 valence electrons. The van der Waals surface area contributed by atoms with Crippen LogP contribution in [0.4, 0.5) is 0 Å². The molecule has 0 radical (unpaired) electrons. The Labute approximate surface area is 108 Å². The van der Waals surface area contributed by atoms with Crippen LogP contribution in [-0.4, -0.2) is 40.8 Å². The number of hydrogen-bond acceptors (Lipinski definition) is 4. The number of likely N-dealkylation sites (N-methyl/N-ethyl adjacent to an activating group) is 1. The van der Waals surface area contributed by atoms with Crippen molar-refractivity contribution >= 4 is 0 Å². The molecule has 0 aromatic heterocycles. The number of aromatic hydroxyl groups is 2. The van der Waals surface area contributed by atoms with E-state index in [0.717, 1.165) is 18.7 Å². The summed E-state index contributed by atoms with van der Waals surface area (Å²) >= 11 is 0. The van der Waals surface area contributed by atoms with Gasteiger partial charge in [0.2, 0.25) is 0 Å². The average Bonchev–Trinajstić information content (AvgIpc) is 2.41. The molecule has 0 aliphatic carbocycles. The fraction of sp³-hybridized carbons (Fsp3) is 0.571. The van der Waals surface area contributed by atoms with Crippen molar-refractivity contribution in [1.82, 2.24) is 10.2 Å². The first-order chi connectivity index (χ1) is 8.70. The predicted molar refractivity (Wildman–Crippen MR) is 71.7 cm³/mol. The van der Waals surface area contributed by atoms with Gasteiger partial charge >= 0.3 is 0 Å². The summed E-state index contributed by atoms with van der Waals surface area (Å²) in [6.07, 6.45) is 2.40. The summed E-state index contributed by atoms with van der Waals surface area (Å²) in [4.78, 5) is 2.43. The van der Waals surface area contributed by atoms with Crippen molar-refractivity contribution in [2.45, 2.75) is 32.4 Å².